The van der Waals surface area contributed by atoms with Crippen LogP contribution in [0.1, 0.15) is 5.56 Å². The Morgan fingerprint density at radius 1 is 1.23 bits per heavy atom. The lowest BCUT2D eigenvalue weighted by atomic mass is 10.1. The van der Waals surface area contributed by atoms with E-state index in [1.54, 1.807) is 6.07 Å². The first-order valence-corrected chi connectivity index (χ1v) is 6.77. The number of nitrogens with one attached hydrogen (secondary N) is 1. The van der Waals surface area contributed by atoms with Gasteiger partial charge in [0.1, 0.15) is 12.1 Å². The summed E-state index contributed by atoms with van der Waals surface area (Å²) < 4.78 is 15.1. The maximum Gasteiger partial charge on any atom is 0.278 e. The number of carbonyl (C=O) groups excluding carboxylic acids is 1. The van der Waals surface area contributed by atoms with Crippen molar-refractivity contribution in [1.29, 1.82) is 0 Å². The predicted molar refractivity (Wildman–Crippen MR) is 82.9 cm³/mol. The van der Waals surface area contributed by atoms with Gasteiger partial charge in [0.15, 0.2) is 0 Å². The quantitative estimate of drug-likeness (QED) is 0.907. The molecule has 7 nitrogen and oxygen atoms in total. The standard InChI is InChI=1S/C14H16ClN3O4/c1-7-5-8-11(18-14(22-4)13(16-8)21-3)12(10(7)15)17-9(19)6-20-2/h5H,6H2,1-4H3,(H,17,19). The molecule has 0 unspecified atom stereocenters. The Hall–Kier alpha value is -2.12. The van der Waals surface area contributed by atoms with Crippen LogP contribution in [-0.2, 0) is 9.53 Å². The number of nitrogens with zero attached hydrogens (tertiary/aromatic N) is 2. The number of benzene rings is 1. The third-order valence-electron chi connectivity index (χ3n) is 2.94. The summed E-state index contributed by atoms with van der Waals surface area (Å²) in [6.07, 6.45) is 0. The van der Waals surface area contributed by atoms with Gasteiger partial charge >= 0.3 is 0 Å². The normalized spacial score (nSPS) is 10.6. The maximum absolute atomic E-state index is 11.8. The summed E-state index contributed by atoms with van der Waals surface area (Å²) >= 11 is 6.29. The van der Waals surface area contributed by atoms with Crippen LogP contribution in [0, 0.1) is 6.92 Å². The molecule has 0 atom stereocenters. The fourth-order valence-corrected chi connectivity index (χ4v) is 2.15. The van der Waals surface area contributed by atoms with E-state index in [2.05, 4.69) is 15.3 Å². The van der Waals surface area contributed by atoms with Crippen molar-refractivity contribution in [2.45, 2.75) is 6.92 Å². The predicted octanol–water partition coefficient (Wildman–Crippen LogP) is 2.19. The maximum atomic E-state index is 11.8. The van der Waals surface area contributed by atoms with Gasteiger partial charge in [-0.05, 0) is 18.6 Å². The minimum atomic E-state index is -0.340. The summed E-state index contributed by atoms with van der Waals surface area (Å²) in [5, 5.41) is 3.08. The minimum absolute atomic E-state index is 0.0908. The van der Waals surface area contributed by atoms with Crippen LogP contribution in [-0.4, -0.2) is 43.8 Å². The van der Waals surface area contributed by atoms with Crippen molar-refractivity contribution in [3.05, 3.63) is 16.7 Å². The van der Waals surface area contributed by atoms with E-state index in [4.69, 9.17) is 25.8 Å². The molecule has 1 heterocycles. The van der Waals surface area contributed by atoms with Crippen molar-refractivity contribution in [3.8, 4) is 11.8 Å². The van der Waals surface area contributed by atoms with Crippen molar-refractivity contribution >= 4 is 34.2 Å². The van der Waals surface area contributed by atoms with Gasteiger partial charge in [-0.1, -0.05) is 11.6 Å². The zero-order chi connectivity index (χ0) is 16.3. The molecule has 2 aromatic rings. The molecule has 0 spiro atoms. The molecule has 0 radical (unpaired) electrons. The van der Waals surface area contributed by atoms with Crippen LogP contribution in [0.4, 0.5) is 5.69 Å². The van der Waals surface area contributed by atoms with Crippen molar-refractivity contribution in [1.82, 2.24) is 9.97 Å². The zero-order valence-electron chi connectivity index (χ0n) is 12.7. The molecule has 0 aliphatic rings. The fraction of sp³-hybridized carbons (Fsp3) is 0.357. The molecule has 22 heavy (non-hydrogen) atoms. The number of hydrogen-bond acceptors (Lipinski definition) is 6. The van der Waals surface area contributed by atoms with Gasteiger partial charge in [0.05, 0.1) is 30.4 Å². The van der Waals surface area contributed by atoms with E-state index in [9.17, 15) is 4.79 Å². The van der Waals surface area contributed by atoms with Gasteiger partial charge in [0.25, 0.3) is 11.8 Å². The molecule has 1 N–H and O–H groups in total. The van der Waals surface area contributed by atoms with E-state index in [0.29, 0.717) is 21.7 Å². The van der Waals surface area contributed by atoms with Crippen LogP contribution in [0.5, 0.6) is 11.8 Å². The number of rotatable bonds is 5. The van der Waals surface area contributed by atoms with E-state index in [0.717, 1.165) is 5.56 Å². The Balaban J connectivity index is 2.66. The summed E-state index contributed by atoms with van der Waals surface area (Å²) in [6.45, 7) is 1.72. The highest BCUT2D eigenvalue weighted by molar-refractivity contribution is 6.36. The third kappa shape index (κ3) is 3.05. The van der Waals surface area contributed by atoms with Gasteiger partial charge in [-0.25, -0.2) is 9.97 Å². The fourth-order valence-electron chi connectivity index (χ4n) is 1.96. The van der Waals surface area contributed by atoms with Crippen LogP contribution in [0.3, 0.4) is 0 Å². The second kappa shape index (κ2) is 6.76. The van der Waals surface area contributed by atoms with E-state index in [1.165, 1.54) is 21.3 Å². The smallest absolute Gasteiger partial charge is 0.278 e. The Morgan fingerprint density at radius 3 is 2.45 bits per heavy atom. The average molecular weight is 326 g/mol. The molecule has 0 bridgehead atoms. The lowest BCUT2D eigenvalue weighted by Gasteiger charge is -2.14. The van der Waals surface area contributed by atoms with Gasteiger partial charge in [-0.2, -0.15) is 0 Å². The molecule has 118 valence electrons. The van der Waals surface area contributed by atoms with E-state index in [1.807, 2.05) is 6.92 Å². The minimum Gasteiger partial charge on any atom is -0.477 e. The third-order valence-corrected chi connectivity index (χ3v) is 3.43. The average Bonchev–Trinajstić information content (AvgIpc) is 2.50. The number of hydrogen-bond donors (Lipinski definition) is 1. The van der Waals surface area contributed by atoms with Crippen molar-refractivity contribution in [3.63, 3.8) is 0 Å². The summed E-state index contributed by atoms with van der Waals surface area (Å²) in [6, 6.07) is 1.76. The first kappa shape index (κ1) is 16.3. The van der Waals surface area contributed by atoms with Crippen LogP contribution in [0.25, 0.3) is 11.0 Å². The Kier molecular flexibility index (Phi) is 4.99. The Morgan fingerprint density at radius 2 is 1.86 bits per heavy atom. The number of aryl methyl sites for hydroxylation is 1. The van der Waals surface area contributed by atoms with E-state index in [-0.39, 0.29) is 24.3 Å². The van der Waals surface area contributed by atoms with Gasteiger partial charge in [0.2, 0.25) is 5.91 Å². The number of carbonyl (C=O) groups is 1. The Bertz CT molecular complexity index is 721. The highest BCUT2D eigenvalue weighted by Crippen LogP contribution is 2.35. The number of halogens is 1. The summed E-state index contributed by atoms with van der Waals surface area (Å²) in [5.41, 5.74) is 2.07. The molecular formula is C14H16ClN3O4. The first-order valence-electron chi connectivity index (χ1n) is 6.39. The molecule has 0 saturated carbocycles. The number of methoxy groups -OCH3 is 3. The summed E-state index contributed by atoms with van der Waals surface area (Å²) in [7, 11) is 4.36. The number of aromatic nitrogens is 2. The van der Waals surface area contributed by atoms with Crippen LogP contribution in [0.15, 0.2) is 6.07 Å². The number of anilines is 1. The highest BCUT2D eigenvalue weighted by atomic mass is 35.5. The molecule has 8 heteroatoms. The Labute approximate surface area is 132 Å². The molecule has 1 aromatic heterocycles. The number of fused-ring (bicyclic) bond motifs is 1. The molecule has 2 rings (SSSR count). The zero-order valence-corrected chi connectivity index (χ0v) is 13.4. The molecular weight excluding hydrogens is 310 g/mol. The monoisotopic (exact) mass is 325 g/mol. The first-order chi connectivity index (χ1) is 10.5. The molecule has 1 amide bonds. The second-order valence-corrected chi connectivity index (χ2v) is 4.85. The number of amides is 1. The van der Waals surface area contributed by atoms with E-state index >= 15 is 0 Å². The SMILES string of the molecule is COCC(=O)Nc1c(Cl)c(C)cc2nc(OC)c(OC)nc12. The second-order valence-electron chi connectivity index (χ2n) is 4.47. The lowest BCUT2D eigenvalue weighted by molar-refractivity contribution is -0.119. The lowest BCUT2D eigenvalue weighted by Crippen LogP contribution is -2.18. The van der Waals surface area contributed by atoms with E-state index < -0.39 is 0 Å². The van der Waals surface area contributed by atoms with Crippen LogP contribution >= 0.6 is 11.6 Å². The van der Waals surface area contributed by atoms with Gasteiger partial charge < -0.3 is 19.5 Å². The molecule has 0 aliphatic carbocycles. The van der Waals surface area contributed by atoms with Gasteiger partial charge in [0, 0.05) is 7.11 Å². The number of ether oxygens (including phenoxy) is 3. The van der Waals surface area contributed by atoms with Gasteiger partial charge in [-0.15, -0.1) is 0 Å². The van der Waals surface area contributed by atoms with Crippen molar-refractivity contribution in [2.24, 2.45) is 0 Å². The molecule has 1 aromatic carbocycles. The van der Waals surface area contributed by atoms with Crippen LogP contribution in [0.2, 0.25) is 5.02 Å². The topological polar surface area (TPSA) is 82.6 Å². The summed E-state index contributed by atoms with van der Waals surface area (Å²) in [5.74, 6) is 0.121. The molecule has 0 fully saturated rings. The van der Waals surface area contributed by atoms with Crippen LogP contribution < -0.4 is 14.8 Å². The van der Waals surface area contributed by atoms with Gasteiger partial charge in [-0.3, -0.25) is 4.79 Å². The van der Waals surface area contributed by atoms with Crippen molar-refractivity contribution < 1.29 is 19.0 Å². The van der Waals surface area contributed by atoms with Crippen molar-refractivity contribution in [2.75, 3.05) is 33.3 Å². The summed E-state index contributed by atoms with van der Waals surface area (Å²) in [4.78, 5) is 20.5. The highest BCUT2D eigenvalue weighted by Gasteiger charge is 2.18. The largest absolute Gasteiger partial charge is 0.477 e. The molecule has 0 saturated heterocycles. The molecule has 0 aliphatic heterocycles.